The van der Waals surface area contributed by atoms with Gasteiger partial charge >= 0.3 is 0 Å². The maximum absolute atomic E-state index is 6.85. The number of benzene rings is 8. The third kappa shape index (κ3) is 4.94. The van der Waals surface area contributed by atoms with Gasteiger partial charge in [0.15, 0.2) is 17.5 Å². The smallest absolute Gasteiger partial charge is 0.164 e. The maximum atomic E-state index is 6.85. The zero-order chi connectivity index (χ0) is 37.5. The van der Waals surface area contributed by atoms with Crippen LogP contribution in [-0.2, 0) is 0 Å². The molecule has 0 spiro atoms. The van der Waals surface area contributed by atoms with Gasteiger partial charge in [-0.1, -0.05) is 133 Å². The van der Waals surface area contributed by atoms with E-state index in [1.807, 2.05) is 72.8 Å². The van der Waals surface area contributed by atoms with Gasteiger partial charge in [-0.15, -0.1) is 0 Å². The molecule has 12 rings (SSSR count). The number of aromatic nitrogens is 4. The van der Waals surface area contributed by atoms with Crippen LogP contribution < -0.4 is 0 Å². The predicted molar refractivity (Wildman–Crippen MR) is 230 cm³/mol. The molecule has 0 amide bonds. The molecule has 12 aromatic rings. The van der Waals surface area contributed by atoms with Crippen LogP contribution in [0.4, 0.5) is 0 Å². The van der Waals surface area contributed by atoms with Crippen molar-refractivity contribution in [3.8, 4) is 51.0 Å². The Morgan fingerprint density at radius 2 is 0.947 bits per heavy atom. The Balaban J connectivity index is 1.04. The van der Waals surface area contributed by atoms with E-state index in [4.69, 9.17) is 23.8 Å². The fraction of sp³-hybridized carbons (Fsp3) is 0. The lowest BCUT2D eigenvalue weighted by Crippen LogP contribution is -2.00. The molecule has 4 heterocycles. The second-order valence-electron chi connectivity index (χ2n) is 14.4. The summed E-state index contributed by atoms with van der Waals surface area (Å²) in [5, 5.41) is 6.31. The predicted octanol–water partition coefficient (Wildman–Crippen LogP) is 13.4. The minimum Gasteiger partial charge on any atom is -0.456 e. The Morgan fingerprint density at radius 1 is 0.351 bits per heavy atom. The summed E-state index contributed by atoms with van der Waals surface area (Å²) in [4.78, 5) is 15.0. The molecule has 8 aromatic carbocycles. The summed E-state index contributed by atoms with van der Waals surface area (Å²) in [6.07, 6.45) is 0. The zero-order valence-electron chi connectivity index (χ0n) is 30.4. The molecule has 0 unspecified atom stereocenters. The SMILES string of the molecule is c1ccc(-c2nc(-c3ccccc3)nc(-c3cccc4oc5cc6c(cc5c34)oc3c(-c4ccc5c(c4)c4ccccc4n5-c4ccccc4)cccc36)n2)cc1. The Kier molecular flexibility index (Phi) is 6.83. The van der Waals surface area contributed by atoms with Gasteiger partial charge in [0, 0.05) is 60.3 Å². The Bertz CT molecular complexity index is 3450. The molecule has 0 N–H and O–H groups in total. The molecule has 266 valence electrons. The summed E-state index contributed by atoms with van der Waals surface area (Å²) in [6, 6.07) is 62.6. The van der Waals surface area contributed by atoms with Crippen molar-refractivity contribution in [3.63, 3.8) is 0 Å². The topological polar surface area (TPSA) is 69.9 Å². The normalized spacial score (nSPS) is 11.9. The highest BCUT2D eigenvalue weighted by Gasteiger charge is 2.21. The first-order valence-electron chi connectivity index (χ1n) is 19.0. The molecule has 0 fully saturated rings. The van der Waals surface area contributed by atoms with Crippen molar-refractivity contribution in [2.75, 3.05) is 0 Å². The van der Waals surface area contributed by atoms with Gasteiger partial charge in [0.05, 0.1) is 11.0 Å². The van der Waals surface area contributed by atoms with Gasteiger partial charge in [-0.05, 0) is 54.1 Å². The third-order valence-corrected chi connectivity index (χ3v) is 11.1. The molecular formula is C51H30N4O2. The van der Waals surface area contributed by atoms with E-state index in [0.717, 1.165) is 82.9 Å². The van der Waals surface area contributed by atoms with E-state index in [1.54, 1.807) is 0 Å². The molecule has 0 saturated carbocycles. The highest BCUT2D eigenvalue weighted by Crippen LogP contribution is 2.43. The second kappa shape index (κ2) is 12.3. The van der Waals surface area contributed by atoms with Crippen LogP contribution in [0.2, 0.25) is 0 Å². The van der Waals surface area contributed by atoms with Gasteiger partial charge in [-0.2, -0.15) is 0 Å². The van der Waals surface area contributed by atoms with Crippen LogP contribution in [0.5, 0.6) is 0 Å². The molecule has 6 nitrogen and oxygen atoms in total. The number of hydrogen-bond donors (Lipinski definition) is 0. The Hall–Kier alpha value is -7.83. The molecule has 0 saturated heterocycles. The minimum atomic E-state index is 0.576. The van der Waals surface area contributed by atoms with Crippen LogP contribution in [0.3, 0.4) is 0 Å². The lowest BCUT2D eigenvalue weighted by atomic mass is 10.00. The zero-order valence-corrected chi connectivity index (χ0v) is 30.4. The standard InChI is InChI=1S/C51H30N4O2/c1-4-14-31(15-5-1)49-52-50(32-16-6-2-7-17-32)54-51(53-49)38-23-13-25-44-47(38)41-30-45-40(29-46(41)56-44)37-22-12-21-35(48(37)57-45)33-26-27-43-39(28-33)36-20-10-11-24-42(36)55(43)34-18-8-3-9-19-34/h1-30H. The van der Waals surface area contributed by atoms with Gasteiger partial charge < -0.3 is 13.4 Å². The van der Waals surface area contributed by atoms with E-state index in [9.17, 15) is 0 Å². The van der Waals surface area contributed by atoms with Crippen molar-refractivity contribution in [2.45, 2.75) is 0 Å². The van der Waals surface area contributed by atoms with E-state index >= 15 is 0 Å². The highest BCUT2D eigenvalue weighted by atomic mass is 16.3. The molecule has 0 atom stereocenters. The number of rotatable bonds is 5. The minimum absolute atomic E-state index is 0.576. The van der Waals surface area contributed by atoms with Gasteiger partial charge in [-0.3, -0.25) is 0 Å². The third-order valence-electron chi connectivity index (χ3n) is 11.1. The summed E-state index contributed by atoms with van der Waals surface area (Å²) in [5.41, 5.74) is 11.5. The summed E-state index contributed by atoms with van der Waals surface area (Å²) >= 11 is 0. The fourth-order valence-electron chi connectivity index (χ4n) is 8.45. The lowest BCUT2D eigenvalue weighted by Gasteiger charge is -2.09. The molecule has 0 bridgehead atoms. The Morgan fingerprint density at radius 3 is 1.72 bits per heavy atom. The highest BCUT2D eigenvalue weighted by molar-refractivity contribution is 6.19. The van der Waals surface area contributed by atoms with Crippen molar-refractivity contribution in [1.82, 2.24) is 19.5 Å². The van der Waals surface area contributed by atoms with Crippen molar-refractivity contribution < 1.29 is 8.83 Å². The molecular weight excluding hydrogens is 701 g/mol. The van der Waals surface area contributed by atoms with E-state index in [2.05, 4.69) is 114 Å². The van der Waals surface area contributed by atoms with Crippen molar-refractivity contribution in [2.24, 2.45) is 0 Å². The van der Waals surface area contributed by atoms with E-state index in [0.29, 0.717) is 17.5 Å². The first-order chi connectivity index (χ1) is 28.2. The summed E-state index contributed by atoms with van der Waals surface area (Å²) in [6.45, 7) is 0. The van der Waals surface area contributed by atoms with Crippen LogP contribution in [0, 0.1) is 0 Å². The Labute approximate surface area is 325 Å². The fourth-order valence-corrected chi connectivity index (χ4v) is 8.45. The van der Waals surface area contributed by atoms with Crippen LogP contribution >= 0.6 is 0 Å². The number of para-hydroxylation sites is 3. The second-order valence-corrected chi connectivity index (χ2v) is 14.4. The molecule has 6 heteroatoms. The van der Waals surface area contributed by atoms with E-state index in [-0.39, 0.29) is 0 Å². The van der Waals surface area contributed by atoms with Gasteiger partial charge in [-0.25, -0.2) is 15.0 Å². The molecule has 0 radical (unpaired) electrons. The summed E-state index contributed by atoms with van der Waals surface area (Å²) in [7, 11) is 0. The maximum Gasteiger partial charge on any atom is 0.164 e. The van der Waals surface area contributed by atoms with Crippen LogP contribution in [-0.4, -0.2) is 19.5 Å². The summed E-state index contributed by atoms with van der Waals surface area (Å²) < 4.78 is 15.8. The van der Waals surface area contributed by atoms with E-state index in [1.165, 1.54) is 16.3 Å². The van der Waals surface area contributed by atoms with Gasteiger partial charge in [0.2, 0.25) is 0 Å². The van der Waals surface area contributed by atoms with Crippen LogP contribution in [0.1, 0.15) is 0 Å². The van der Waals surface area contributed by atoms with E-state index < -0.39 is 0 Å². The quantitative estimate of drug-likeness (QED) is 0.176. The monoisotopic (exact) mass is 730 g/mol. The van der Waals surface area contributed by atoms with Crippen LogP contribution in [0.15, 0.2) is 191 Å². The largest absolute Gasteiger partial charge is 0.456 e. The van der Waals surface area contributed by atoms with Gasteiger partial charge in [0.1, 0.15) is 22.3 Å². The molecule has 57 heavy (non-hydrogen) atoms. The molecule has 0 aliphatic carbocycles. The number of fused-ring (bicyclic) bond motifs is 9. The first-order valence-corrected chi connectivity index (χ1v) is 19.0. The van der Waals surface area contributed by atoms with Crippen LogP contribution in [0.25, 0.3) is 117 Å². The van der Waals surface area contributed by atoms with Crippen molar-refractivity contribution >= 4 is 65.7 Å². The summed E-state index contributed by atoms with van der Waals surface area (Å²) in [5.74, 6) is 1.80. The molecule has 0 aliphatic heterocycles. The lowest BCUT2D eigenvalue weighted by molar-refractivity contribution is 0.664. The first kappa shape index (κ1) is 31.5. The van der Waals surface area contributed by atoms with Crippen molar-refractivity contribution in [3.05, 3.63) is 182 Å². The number of furan rings is 2. The number of nitrogens with zero attached hydrogens (tertiary/aromatic N) is 4. The number of hydrogen-bond acceptors (Lipinski definition) is 5. The molecule has 0 aliphatic rings. The van der Waals surface area contributed by atoms with Gasteiger partial charge in [0.25, 0.3) is 0 Å². The van der Waals surface area contributed by atoms with Crippen molar-refractivity contribution in [1.29, 1.82) is 0 Å². The average molecular weight is 731 g/mol. The molecule has 4 aromatic heterocycles. The average Bonchev–Trinajstić information content (AvgIpc) is 3.95.